The lowest BCUT2D eigenvalue weighted by molar-refractivity contribution is -0.177. The van der Waals surface area contributed by atoms with Crippen molar-refractivity contribution in [3.63, 3.8) is 0 Å². The highest BCUT2D eigenvalue weighted by Gasteiger charge is 2.57. The second-order valence-electron chi connectivity index (χ2n) is 6.20. The van der Waals surface area contributed by atoms with Crippen molar-refractivity contribution in [3.8, 4) is 0 Å². The minimum absolute atomic E-state index is 0.0733. The zero-order valence-electron chi connectivity index (χ0n) is 11.2. The third kappa shape index (κ3) is 2.23. The quantitative estimate of drug-likeness (QED) is 0.882. The summed E-state index contributed by atoms with van der Waals surface area (Å²) < 4.78 is 19.2. The molecule has 1 saturated heterocycles. The summed E-state index contributed by atoms with van der Waals surface area (Å²) in [7, 11) is 0. The van der Waals surface area contributed by atoms with Gasteiger partial charge in [0.1, 0.15) is 5.82 Å². The van der Waals surface area contributed by atoms with Gasteiger partial charge in [-0.2, -0.15) is 0 Å². The highest BCUT2D eigenvalue weighted by Crippen LogP contribution is 2.52. The molecule has 1 aliphatic carbocycles. The molecule has 0 spiro atoms. The summed E-state index contributed by atoms with van der Waals surface area (Å²) in [5, 5.41) is 3.87. The Labute approximate surface area is 118 Å². The molecule has 1 heterocycles. The van der Waals surface area contributed by atoms with Gasteiger partial charge >= 0.3 is 0 Å². The second kappa shape index (κ2) is 4.64. The minimum atomic E-state index is -0.302. The molecule has 2 aliphatic rings. The number of fused-ring (bicyclic) bond motifs is 1. The van der Waals surface area contributed by atoms with E-state index in [0.717, 1.165) is 18.7 Å². The van der Waals surface area contributed by atoms with Crippen molar-refractivity contribution in [2.45, 2.75) is 38.8 Å². The number of benzene rings is 1. The van der Waals surface area contributed by atoms with Crippen molar-refractivity contribution in [3.05, 3.63) is 29.0 Å². The van der Waals surface area contributed by atoms with Crippen LogP contribution < -0.4 is 5.32 Å². The van der Waals surface area contributed by atoms with Crippen LogP contribution in [0.2, 0.25) is 5.02 Å². The van der Waals surface area contributed by atoms with Crippen LogP contribution in [-0.4, -0.2) is 18.8 Å². The van der Waals surface area contributed by atoms with Gasteiger partial charge in [0.2, 0.25) is 0 Å². The first-order valence-electron chi connectivity index (χ1n) is 6.83. The standard InChI is InChI=1S/C15H19ClFNO/c1-15(2)13(12-4-3-5-19-14(12)15)18-11-7-9(16)6-10(17)8-11/h6-8,12-14,18H,3-5H2,1-2H3. The van der Waals surface area contributed by atoms with Gasteiger partial charge in [-0.25, -0.2) is 4.39 Å². The first kappa shape index (κ1) is 13.2. The molecule has 3 rings (SSSR count). The van der Waals surface area contributed by atoms with Crippen molar-refractivity contribution in [1.82, 2.24) is 0 Å². The van der Waals surface area contributed by atoms with Gasteiger partial charge in [-0.05, 0) is 31.0 Å². The van der Waals surface area contributed by atoms with E-state index in [9.17, 15) is 4.39 Å². The molecule has 1 aromatic carbocycles. The Morgan fingerprint density at radius 2 is 2.16 bits per heavy atom. The van der Waals surface area contributed by atoms with Crippen molar-refractivity contribution in [2.24, 2.45) is 11.3 Å². The number of hydrogen-bond donors (Lipinski definition) is 1. The van der Waals surface area contributed by atoms with Crippen molar-refractivity contribution >= 4 is 17.3 Å². The average Bonchev–Trinajstić information content (AvgIpc) is 2.35. The van der Waals surface area contributed by atoms with E-state index in [2.05, 4.69) is 19.2 Å². The van der Waals surface area contributed by atoms with Crippen LogP contribution in [0, 0.1) is 17.2 Å². The van der Waals surface area contributed by atoms with Gasteiger partial charge in [0.15, 0.2) is 0 Å². The molecule has 0 radical (unpaired) electrons. The van der Waals surface area contributed by atoms with E-state index in [1.807, 2.05) is 0 Å². The number of ether oxygens (including phenoxy) is 1. The maximum atomic E-state index is 13.4. The molecule has 19 heavy (non-hydrogen) atoms. The first-order chi connectivity index (χ1) is 8.98. The summed E-state index contributed by atoms with van der Waals surface area (Å²) in [4.78, 5) is 0. The summed E-state index contributed by atoms with van der Waals surface area (Å²) in [6.07, 6.45) is 2.61. The van der Waals surface area contributed by atoms with Gasteiger partial charge in [0, 0.05) is 34.7 Å². The Morgan fingerprint density at radius 1 is 1.37 bits per heavy atom. The largest absolute Gasteiger partial charge is 0.381 e. The third-order valence-electron chi connectivity index (χ3n) is 4.52. The van der Waals surface area contributed by atoms with Crippen LogP contribution >= 0.6 is 11.6 Å². The van der Waals surface area contributed by atoms with E-state index in [1.165, 1.54) is 18.6 Å². The van der Waals surface area contributed by atoms with Crippen LogP contribution in [0.25, 0.3) is 0 Å². The van der Waals surface area contributed by atoms with Crippen molar-refractivity contribution in [2.75, 3.05) is 11.9 Å². The van der Waals surface area contributed by atoms with Crippen molar-refractivity contribution in [1.29, 1.82) is 0 Å². The normalized spacial score (nSPS) is 32.3. The molecule has 0 bridgehead atoms. The van der Waals surface area contributed by atoms with Crippen LogP contribution in [0.5, 0.6) is 0 Å². The molecule has 1 aliphatic heterocycles. The van der Waals surface area contributed by atoms with Gasteiger partial charge in [-0.1, -0.05) is 25.4 Å². The van der Waals surface area contributed by atoms with Gasteiger partial charge in [0.05, 0.1) is 6.10 Å². The summed E-state index contributed by atoms with van der Waals surface area (Å²) in [6, 6.07) is 4.91. The number of rotatable bonds is 2. The number of nitrogens with one attached hydrogen (secondary N) is 1. The molecule has 2 nitrogen and oxygen atoms in total. The second-order valence-corrected chi connectivity index (χ2v) is 6.64. The Morgan fingerprint density at radius 3 is 2.89 bits per heavy atom. The molecule has 1 saturated carbocycles. The molecule has 3 atom stereocenters. The fourth-order valence-electron chi connectivity index (χ4n) is 3.63. The third-order valence-corrected chi connectivity index (χ3v) is 4.73. The van der Waals surface area contributed by atoms with Crippen LogP contribution in [-0.2, 0) is 4.74 Å². The van der Waals surface area contributed by atoms with E-state index >= 15 is 0 Å². The predicted octanol–water partition coefficient (Wildman–Crippen LogP) is 4.09. The van der Waals surface area contributed by atoms with Gasteiger partial charge in [-0.3, -0.25) is 0 Å². The molecular formula is C15H19ClFNO. The Bertz CT molecular complexity index is 471. The summed E-state index contributed by atoms with van der Waals surface area (Å²) in [5.41, 5.74) is 0.830. The van der Waals surface area contributed by atoms with E-state index in [1.54, 1.807) is 6.07 Å². The Balaban J connectivity index is 1.79. The molecule has 1 N–H and O–H groups in total. The number of hydrogen-bond acceptors (Lipinski definition) is 2. The number of anilines is 1. The average molecular weight is 284 g/mol. The molecule has 1 aromatic rings. The zero-order chi connectivity index (χ0) is 13.6. The molecule has 0 amide bonds. The maximum absolute atomic E-state index is 13.4. The molecule has 4 heteroatoms. The highest BCUT2D eigenvalue weighted by atomic mass is 35.5. The van der Waals surface area contributed by atoms with E-state index in [-0.39, 0.29) is 11.2 Å². The van der Waals surface area contributed by atoms with E-state index < -0.39 is 0 Å². The van der Waals surface area contributed by atoms with E-state index in [0.29, 0.717) is 23.1 Å². The first-order valence-corrected chi connectivity index (χ1v) is 7.20. The molecular weight excluding hydrogens is 265 g/mol. The zero-order valence-corrected chi connectivity index (χ0v) is 12.0. The monoisotopic (exact) mass is 283 g/mol. The SMILES string of the molecule is CC1(C)C(Nc2cc(F)cc(Cl)c2)C2CCCOC21. The van der Waals surface area contributed by atoms with Crippen LogP contribution in [0.1, 0.15) is 26.7 Å². The summed E-state index contributed by atoms with van der Waals surface area (Å²) >= 11 is 5.90. The van der Waals surface area contributed by atoms with Gasteiger partial charge < -0.3 is 10.1 Å². The Kier molecular flexibility index (Phi) is 3.22. The number of halogens is 2. The predicted molar refractivity (Wildman–Crippen MR) is 75.1 cm³/mol. The molecule has 3 unspecified atom stereocenters. The smallest absolute Gasteiger partial charge is 0.126 e. The topological polar surface area (TPSA) is 21.3 Å². The summed E-state index contributed by atoms with van der Waals surface area (Å²) in [6.45, 7) is 5.28. The lowest BCUT2D eigenvalue weighted by Crippen LogP contribution is -2.67. The van der Waals surface area contributed by atoms with Crippen LogP contribution in [0.15, 0.2) is 18.2 Å². The lowest BCUT2D eigenvalue weighted by Gasteiger charge is -2.60. The molecule has 104 valence electrons. The van der Waals surface area contributed by atoms with Gasteiger partial charge in [-0.15, -0.1) is 0 Å². The highest BCUT2D eigenvalue weighted by molar-refractivity contribution is 6.30. The van der Waals surface area contributed by atoms with E-state index in [4.69, 9.17) is 16.3 Å². The van der Waals surface area contributed by atoms with Crippen molar-refractivity contribution < 1.29 is 9.13 Å². The lowest BCUT2D eigenvalue weighted by atomic mass is 9.55. The maximum Gasteiger partial charge on any atom is 0.126 e. The summed E-state index contributed by atoms with van der Waals surface area (Å²) in [5.74, 6) is 0.217. The fraction of sp³-hybridized carbons (Fsp3) is 0.600. The minimum Gasteiger partial charge on any atom is -0.381 e. The fourth-order valence-corrected chi connectivity index (χ4v) is 3.85. The molecule has 0 aromatic heterocycles. The molecule has 2 fully saturated rings. The van der Waals surface area contributed by atoms with Crippen LogP contribution in [0.4, 0.5) is 10.1 Å². The Hall–Kier alpha value is -0.800. The van der Waals surface area contributed by atoms with Gasteiger partial charge in [0.25, 0.3) is 0 Å². The van der Waals surface area contributed by atoms with Crippen LogP contribution in [0.3, 0.4) is 0 Å².